The molecule has 0 aromatic heterocycles. The third-order valence-electron chi connectivity index (χ3n) is 4.82. The van der Waals surface area contributed by atoms with Gasteiger partial charge in [0, 0.05) is 17.2 Å². The quantitative estimate of drug-likeness (QED) is 0.265. The van der Waals surface area contributed by atoms with Gasteiger partial charge < -0.3 is 10.1 Å². The van der Waals surface area contributed by atoms with Gasteiger partial charge in [-0.3, -0.25) is 14.9 Å². The van der Waals surface area contributed by atoms with Crippen molar-refractivity contribution in [2.24, 2.45) is 4.99 Å². The first-order valence-electron chi connectivity index (χ1n) is 9.90. The number of aliphatic imine (C=N–C) groups is 1. The summed E-state index contributed by atoms with van der Waals surface area (Å²) in [5.74, 6) is 0.398. The van der Waals surface area contributed by atoms with Crippen molar-refractivity contribution in [3.63, 3.8) is 0 Å². The van der Waals surface area contributed by atoms with Crippen LogP contribution in [0.1, 0.15) is 16.7 Å². The van der Waals surface area contributed by atoms with Crippen LogP contribution in [0.15, 0.2) is 76.6 Å². The van der Waals surface area contributed by atoms with Crippen molar-refractivity contribution in [1.29, 1.82) is 0 Å². The van der Waals surface area contributed by atoms with Gasteiger partial charge in [-0.15, -0.1) is 0 Å². The molecule has 4 rings (SSSR count). The zero-order valence-electron chi connectivity index (χ0n) is 17.4. The van der Waals surface area contributed by atoms with Crippen LogP contribution in [0, 0.1) is 17.0 Å². The molecule has 0 bridgehead atoms. The molecule has 9 heteroatoms. The maximum Gasteiger partial charge on any atom is 0.269 e. The molecule has 1 fully saturated rings. The second-order valence-corrected chi connectivity index (χ2v) is 8.59. The molecule has 0 saturated carbocycles. The normalized spacial score (nSPS) is 15.6. The smallest absolute Gasteiger partial charge is 0.269 e. The lowest BCUT2D eigenvalue weighted by Gasteiger charge is -2.06. The van der Waals surface area contributed by atoms with Crippen LogP contribution in [0.4, 0.5) is 11.4 Å². The summed E-state index contributed by atoms with van der Waals surface area (Å²) in [5.41, 5.74) is 3.11. The molecule has 0 atom stereocenters. The van der Waals surface area contributed by atoms with E-state index in [4.69, 9.17) is 16.3 Å². The summed E-state index contributed by atoms with van der Waals surface area (Å²) >= 11 is 7.40. The Hall–Kier alpha value is -3.62. The molecule has 3 aromatic carbocycles. The average Bonchev–Trinajstić information content (AvgIpc) is 3.15. The number of benzene rings is 3. The molecule has 1 aliphatic rings. The number of carbonyl (C=O) groups excluding carboxylic acids is 1. The lowest BCUT2D eigenvalue weighted by atomic mass is 10.2. The number of amidine groups is 1. The summed E-state index contributed by atoms with van der Waals surface area (Å²) in [5, 5.41) is 14.8. The topological polar surface area (TPSA) is 93.8 Å². The number of nitro benzene ring substituents is 1. The van der Waals surface area contributed by atoms with Gasteiger partial charge in [-0.2, -0.15) is 0 Å². The van der Waals surface area contributed by atoms with E-state index in [-0.39, 0.29) is 18.2 Å². The Morgan fingerprint density at radius 1 is 1.15 bits per heavy atom. The molecule has 1 aliphatic heterocycles. The lowest BCUT2D eigenvalue weighted by Crippen LogP contribution is -2.19. The Labute approximate surface area is 199 Å². The van der Waals surface area contributed by atoms with Crippen molar-refractivity contribution >= 4 is 51.9 Å². The molecular weight excluding hydrogens is 462 g/mol. The molecule has 0 unspecified atom stereocenters. The Kier molecular flexibility index (Phi) is 6.76. The van der Waals surface area contributed by atoms with Crippen LogP contribution in [0.3, 0.4) is 0 Å². The molecule has 1 amide bonds. The molecule has 166 valence electrons. The van der Waals surface area contributed by atoms with Crippen LogP contribution in [0.2, 0.25) is 5.02 Å². The van der Waals surface area contributed by atoms with Crippen molar-refractivity contribution in [2.45, 2.75) is 13.5 Å². The molecule has 7 nitrogen and oxygen atoms in total. The first-order chi connectivity index (χ1) is 15.9. The van der Waals surface area contributed by atoms with Gasteiger partial charge in [0.05, 0.1) is 15.5 Å². The Morgan fingerprint density at radius 2 is 1.91 bits per heavy atom. The first kappa shape index (κ1) is 22.6. The first-order valence-corrected chi connectivity index (χ1v) is 11.1. The predicted molar refractivity (Wildman–Crippen MR) is 131 cm³/mol. The molecule has 1 saturated heterocycles. The number of carbonyl (C=O) groups is 1. The van der Waals surface area contributed by atoms with Crippen molar-refractivity contribution in [3.05, 3.63) is 103 Å². The number of nitro groups is 1. The Balaban J connectivity index is 1.42. The number of hydrogen-bond donors (Lipinski definition) is 1. The minimum atomic E-state index is -0.435. The maximum absolute atomic E-state index is 12.4. The Morgan fingerprint density at radius 3 is 2.67 bits per heavy atom. The number of hydrogen-bond acceptors (Lipinski definition) is 6. The molecule has 0 aliphatic carbocycles. The predicted octanol–water partition coefficient (Wildman–Crippen LogP) is 6.03. The summed E-state index contributed by atoms with van der Waals surface area (Å²) in [6.45, 7) is 2.09. The largest absolute Gasteiger partial charge is 0.489 e. The van der Waals surface area contributed by atoms with Crippen molar-refractivity contribution in [3.8, 4) is 5.75 Å². The molecule has 3 aromatic rings. The van der Waals surface area contributed by atoms with Gasteiger partial charge in [0.1, 0.15) is 12.4 Å². The third-order valence-corrected chi connectivity index (χ3v) is 6.14. The summed E-state index contributed by atoms with van der Waals surface area (Å²) in [6.07, 6.45) is 1.78. The van der Waals surface area contributed by atoms with E-state index in [9.17, 15) is 14.9 Å². The summed E-state index contributed by atoms with van der Waals surface area (Å²) in [4.78, 5) is 27.8. The second-order valence-electron chi connectivity index (χ2n) is 7.15. The van der Waals surface area contributed by atoms with Gasteiger partial charge in [0.2, 0.25) is 0 Å². The summed E-state index contributed by atoms with van der Waals surface area (Å²) < 4.78 is 5.72. The fourth-order valence-electron chi connectivity index (χ4n) is 3.05. The fourth-order valence-corrected chi connectivity index (χ4v) is 4.05. The number of halogens is 1. The lowest BCUT2D eigenvalue weighted by molar-refractivity contribution is -0.384. The minimum absolute atomic E-state index is 0.0267. The van der Waals surface area contributed by atoms with Crippen LogP contribution in [-0.2, 0) is 11.4 Å². The number of amides is 1. The van der Waals surface area contributed by atoms with E-state index < -0.39 is 4.92 Å². The molecule has 0 radical (unpaired) electrons. The summed E-state index contributed by atoms with van der Waals surface area (Å²) in [7, 11) is 0. The third kappa shape index (κ3) is 5.60. The number of ether oxygens (including phenoxy) is 1. The van der Waals surface area contributed by atoms with Crippen LogP contribution >= 0.6 is 23.4 Å². The monoisotopic (exact) mass is 479 g/mol. The zero-order chi connectivity index (χ0) is 23.4. The maximum atomic E-state index is 12.4. The number of nitrogens with zero attached hydrogens (tertiary/aromatic N) is 2. The van der Waals surface area contributed by atoms with Crippen LogP contribution in [-0.4, -0.2) is 16.0 Å². The molecule has 0 spiro atoms. The van der Waals surface area contributed by atoms with Crippen LogP contribution < -0.4 is 10.1 Å². The number of nitrogens with one attached hydrogen (secondary N) is 1. The van der Waals surface area contributed by atoms with E-state index in [2.05, 4.69) is 10.3 Å². The SMILES string of the molecule is Cc1c(Cl)cccc1N=C1NC(=O)/C(=C\c2ccc(OCc3cccc([N+](=O)[O-])c3)cc2)S1. The van der Waals surface area contributed by atoms with Gasteiger partial charge in [0.15, 0.2) is 5.17 Å². The van der Waals surface area contributed by atoms with Gasteiger partial charge in [-0.25, -0.2) is 4.99 Å². The van der Waals surface area contributed by atoms with E-state index >= 15 is 0 Å². The molecular formula is C24H18ClN3O4S. The van der Waals surface area contributed by atoms with Crippen molar-refractivity contribution in [1.82, 2.24) is 5.32 Å². The highest BCUT2D eigenvalue weighted by atomic mass is 35.5. The van der Waals surface area contributed by atoms with Gasteiger partial charge in [0.25, 0.3) is 11.6 Å². The average molecular weight is 480 g/mol. The van der Waals surface area contributed by atoms with E-state index in [1.807, 2.05) is 31.2 Å². The van der Waals surface area contributed by atoms with E-state index in [1.165, 1.54) is 23.9 Å². The molecule has 1 N–H and O–H groups in total. The van der Waals surface area contributed by atoms with Gasteiger partial charge in [-0.05, 0) is 65.7 Å². The molecule has 33 heavy (non-hydrogen) atoms. The fraction of sp³-hybridized carbons (Fsp3) is 0.0833. The second kappa shape index (κ2) is 9.89. The highest BCUT2D eigenvalue weighted by molar-refractivity contribution is 8.18. The number of non-ortho nitro benzene ring substituents is 1. The van der Waals surface area contributed by atoms with Crippen LogP contribution in [0.5, 0.6) is 5.75 Å². The highest BCUT2D eigenvalue weighted by Gasteiger charge is 2.24. The van der Waals surface area contributed by atoms with Crippen molar-refractivity contribution < 1.29 is 14.5 Å². The van der Waals surface area contributed by atoms with E-state index in [0.29, 0.717) is 32.1 Å². The minimum Gasteiger partial charge on any atom is -0.489 e. The number of rotatable bonds is 6. The van der Waals surface area contributed by atoms with E-state index in [1.54, 1.807) is 36.4 Å². The van der Waals surface area contributed by atoms with E-state index in [0.717, 1.165) is 11.1 Å². The van der Waals surface area contributed by atoms with Gasteiger partial charge in [-0.1, -0.05) is 41.9 Å². The highest BCUT2D eigenvalue weighted by Crippen LogP contribution is 2.31. The molecule has 1 heterocycles. The van der Waals surface area contributed by atoms with Crippen molar-refractivity contribution in [2.75, 3.05) is 0 Å². The number of thioether (sulfide) groups is 1. The standard InChI is InChI=1S/C24H18ClN3O4S/c1-15-20(25)6-3-7-21(15)26-24-27-23(29)22(33-24)13-16-8-10-19(11-9-16)32-14-17-4-2-5-18(12-17)28(30)31/h2-13H,14H2,1H3,(H,26,27,29)/b22-13+. The summed E-state index contributed by atoms with van der Waals surface area (Å²) in [6, 6.07) is 19.0. The van der Waals surface area contributed by atoms with Crippen LogP contribution in [0.25, 0.3) is 6.08 Å². The zero-order valence-corrected chi connectivity index (χ0v) is 19.0. The van der Waals surface area contributed by atoms with Gasteiger partial charge >= 0.3 is 0 Å². The Bertz CT molecular complexity index is 1290.